The minimum Gasteiger partial charge on any atom is -0.507 e. The molecule has 52 heavy (non-hydrogen) atoms. The van der Waals surface area contributed by atoms with Crippen LogP contribution in [0.5, 0.6) is 28.7 Å². The van der Waals surface area contributed by atoms with Crippen molar-refractivity contribution in [3.05, 3.63) is 95.1 Å². The summed E-state index contributed by atoms with van der Waals surface area (Å²) in [6, 6.07) is 12.1. The number of aldehydes is 1. The van der Waals surface area contributed by atoms with Gasteiger partial charge in [0, 0.05) is 31.1 Å². The zero-order valence-electron chi connectivity index (χ0n) is 26.8. The molecular formula is C35H34O17. The van der Waals surface area contributed by atoms with Gasteiger partial charge in [-0.05, 0) is 71.3 Å². The van der Waals surface area contributed by atoms with E-state index >= 15 is 0 Å². The molecule has 1 fully saturated rings. The zero-order valence-corrected chi connectivity index (χ0v) is 26.8. The van der Waals surface area contributed by atoms with E-state index < -0.39 is 60.6 Å². The van der Waals surface area contributed by atoms with Crippen LogP contribution in [0.25, 0.3) is 18.2 Å². The van der Waals surface area contributed by atoms with Gasteiger partial charge < -0.3 is 60.9 Å². The number of aromatic hydroxyl groups is 5. The Bertz CT molecular complexity index is 1860. The van der Waals surface area contributed by atoms with E-state index in [0.717, 1.165) is 18.2 Å². The van der Waals surface area contributed by atoms with E-state index in [1.165, 1.54) is 72.8 Å². The van der Waals surface area contributed by atoms with E-state index in [-0.39, 0.29) is 34.3 Å². The van der Waals surface area contributed by atoms with E-state index in [2.05, 4.69) is 0 Å². The van der Waals surface area contributed by atoms with Gasteiger partial charge in [-0.3, -0.25) is 4.79 Å². The Morgan fingerprint density at radius 2 is 1.08 bits per heavy atom. The number of phenolic OH excluding ortho intramolecular Hbond substituents is 5. The average Bonchev–Trinajstić information content (AvgIpc) is 3.08. The summed E-state index contributed by atoms with van der Waals surface area (Å²) in [5.41, 5.74) is -0.739. The van der Waals surface area contributed by atoms with Gasteiger partial charge in [0.05, 0.1) is 11.7 Å². The van der Waals surface area contributed by atoms with Crippen LogP contribution >= 0.6 is 0 Å². The van der Waals surface area contributed by atoms with Crippen LogP contribution < -0.4 is 0 Å². The maximum Gasteiger partial charge on any atom is 0.335 e. The minimum atomic E-state index is -2.31. The number of rotatable bonds is 9. The number of hydrogen-bond donors (Lipinski definition) is 11. The fourth-order valence-electron chi connectivity index (χ4n) is 4.28. The van der Waals surface area contributed by atoms with Crippen molar-refractivity contribution in [1.82, 2.24) is 0 Å². The van der Waals surface area contributed by atoms with Crippen molar-refractivity contribution in [1.29, 1.82) is 0 Å². The molecule has 17 nitrogen and oxygen atoms in total. The highest BCUT2D eigenvalue weighted by Crippen LogP contribution is 2.32. The lowest BCUT2D eigenvalue weighted by Gasteiger charge is -2.39. The van der Waals surface area contributed by atoms with Crippen LogP contribution in [-0.2, 0) is 23.9 Å². The Labute approximate surface area is 293 Å². The lowest BCUT2D eigenvalue weighted by atomic mass is 9.79. The molecule has 0 heterocycles. The second-order valence-electron chi connectivity index (χ2n) is 10.9. The minimum absolute atomic E-state index is 0.118. The van der Waals surface area contributed by atoms with Gasteiger partial charge in [0.2, 0.25) is 0 Å². The topological polar surface area (TPSA) is 317 Å². The second kappa shape index (κ2) is 18.9. The highest BCUT2D eigenvalue weighted by molar-refractivity contribution is 5.88. The Hall–Kier alpha value is -6.69. The summed E-state index contributed by atoms with van der Waals surface area (Å²) in [7, 11) is 0. The fourth-order valence-corrected chi connectivity index (χ4v) is 4.28. The van der Waals surface area contributed by atoms with Crippen molar-refractivity contribution in [3.63, 3.8) is 0 Å². The third-order valence-electron chi connectivity index (χ3n) is 6.95. The predicted octanol–water partition coefficient (Wildman–Crippen LogP) is 1.85. The summed E-state index contributed by atoms with van der Waals surface area (Å²) < 4.78 is 4.92. The number of carbonyl (C=O) groups excluding carboxylic acids is 2. The monoisotopic (exact) mass is 726 g/mol. The third kappa shape index (κ3) is 13.0. The van der Waals surface area contributed by atoms with Gasteiger partial charge >= 0.3 is 23.9 Å². The molecule has 0 bridgehead atoms. The number of aliphatic hydroxyl groups excluding tert-OH is 2. The van der Waals surface area contributed by atoms with E-state index in [0.29, 0.717) is 23.0 Å². The van der Waals surface area contributed by atoms with Crippen LogP contribution in [0.1, 0.15) is 39.9 Å². The highest BCUT2D eigenvalue weighted by atomic mass is 16.6. The summed E-state index contributed by atoms with van der Waals surface area (Å²) >= 11 is 0. The number of aliphatic carboxylic acids is 3. The molecule has 1 aliphatic rings. The Morgan fingerprint density at radius 1 is 0.635 bits per heavy atom. The molecule has 3 aromatic rings. The normalized spacial score (nSPS) is 19.6. The third-order valence-corrected chi connectivity index (χ3v) is 6.95. The molecule has 0 spiro atoms. The molecule has 0 radical (unpaired) electrons. The Kier molecular flexibility index (Phi) is 15.1. The number of benzene rings is 3. The molecule has 3 aromatic carbocycles. The maximum absolute atomic E-state index is 11.8. The first-order chi connectivity index (χ1) is 24.3. The molecule has 1 unspecified atom stereocenters. The van der Waals surface area contributed by atoms with E-state index in [1.54, 1.807) is 0 Å². The van der Waals surface area contributed by atoms with Gasteiger partial charge in [0.25, 0.3) is 0 Å². The quantitative estimate of drug-likeness (QED) is 0.0648. The average molecular weight is 727 g/mol. The second-order valence-corrected chi connectivity index (χ2v) is 10.9. The number of aliphatic hydroxyl groups is 3. The molecule has 4 rings (SSSR count). The van der Waals surface area contributed by atoms with Gasteiger partial charge in [-0.25, -0.2) is 19.2 Å². The Morgan fingerprint density at radius 3 is 1.50 bits per heavy atom. The lowest BCUT2D eigenvalue weighted by molar-refractivity contribution is -0.196. The van der Waals surface area contributed by atoms with Crippen LogP contribution in [-0.4, -0.2) is 110 Å². The van der Waals surface area contributed by atoms with Crippen molar-refractivity contribution < 1.29 is 84.9 Å². The summed E-state index contributed by atoms with van der Waals surface area (Å²) in [4.78, 5) is 53.6. The Balaban J connectivity index is 0.000000294. The number of esters is 1. The molecule has 0 aliphatic heterocycles. The highest BCUT2D eigenvalue weighted by Gasteiger charge is 2.50. The maximum atomic E-state index is 11.8. The number of carboxylic acid groups (broad SMARTS) is 3. The van der Waals surface area contributed by atoms with E-state index in [9.17, 15) is 49.5 Å². The standard InChI is InChI=1S/C16H18O9.C10H8O4.C9H8O4/c17-9-3-1-8(5-10(9)18)2-4-13(20)25-12-7-16(24,15(22)23)6-11(19)14(12)21;11-6-8-5-7(1-3-9(8)12)2-4-10(13)14;10-7-3-1-6(5-8(7)11)2-4-9(12)13/h1-5,11-12,14,17-19,21,24H,6-7H2,(H,22,23);1-6,12H,(H,13,14);1-5,10-11H,(H,12,13)/b;4-2+;/t11-,12?,14-,16+;;/m1../s1. The lowest BCUT2D eigenvalue weighted by Crippen LogP contribution is -2.57. The largest absolute Gasteiger partial charge is 0.507 e. The molecule has 17 heteroatoms. The number of phenols is 5. The van der Waals surface area contributed by atoms with Crippen molar-refractivity contribution in [3.8, 4) is 28.7 Å². The van der Waals surface area contributed by atoms with Gasteiger partial charge in [0.15, 0.2) is 34.9 Å². The van der Waals surface area contributed by atoms with Crippen molar-refractivity contribution in [2.24, 2.45) is 0 Å². The first kappa shape index (κ1) is 41.5. The summed E-state index contributed by atoms with van der Waals surface area (Å²) in [6.07, 6.45) is 1.64. The van der Waals surface area contributed by atoms with E-state index in [4.69, 9.17) is 35.4 Å². The molecule has 4 atom stereocenters. The summed E-state index contributed by atoms with van der Waals surface area (Å²) in [6.45, 7) is 0. The molecule has 276 valence electrons. The number of ether oxygens (including phenoxy) is 1. The fraction of sp³-hybridized carbons (Fsp3) is 0.171. The van der Waals surface area contributed by atoms with E-state index in [1.807, 2.05) is 0 Å². The zero-order chi connectivity index (χ0) is 39.2. The van der Waals surface area contributed by atoms with Gasteiger partial charge in [-0.1, -0.05) is 18.2 Å². The first-order valence-corrected chi connectivity index (χ1v) is 14.7. The van der Waals surface area contributed by atoms with Crippen LogP contribution in [0.4, 0.5) is 0 Å². The van der Waals surface area contributed by atoms with Crippen LogP contribution in [0, 0.1) is 0 Å². The number of carbonyl (C=O) groups is 5. The van der Waals surface area contributed by atoms with Crippen molar-refractivity contribution in [2.45, 2.75) is 36.8 Å². The van der Waals surface area contributed by atoms with Gasteiger partial charge in [-0.2, -0.15) is 0 Å². The number of hydrogen-bond acceptors (Lipinski definition) is 14. The van der Waals surface area contributed by atoms with Crippen LogP contribution in [0.15, 0.2) is 72.8 Å². The summed E-state index contributed by atoms with van der Waals surface area (Å²) in [5, 5.41) is 101. The molecule has 0 saturated heterocycles. The first-order valence-electron chi connectivity index (χ1n) is 14.7. The van der Waals surface area contributed by atoms with Crippen molar-refractivity contribution in [2.75, 3.05) is 0 Å². The molecule has 1 aliphatic carbocycles. The molecule has 11 N–H and O–H groups in total. The molecule has 0 amide bonds. The smallest absolute Gasteiger partial charge is 0.335 e. The van der Waals surface area contributed by atoms with Crippen LogP contribution in [0.3, 0.4) is 0 Å². The van der Waals surface area contributed by atoms with Crippen molar-refractivity contribution >= 4 is 48.4 Å². The molecular weight excluding hydrogens is 692 g/mol. The van der Waals surface area contributed by atoms with Gasteiger partial charge in [0.1, 0.15) is 18.0 Å². The predicted molar refractivity (Wildman–Crippen MR) is 179 cm³/mol. The van der Waals surface area contributed by atoms with Gasteiger partial charge in [-0.15, -0.1) is 0 Å². The number of carboxylic acids is 3. The molecule has 1 saturated carbocycles. The molecule has 0 aromatic heterocycles. The SMILES string of the molecule is O=C(C=Cc1ccc(O)c(O)c1)OC1C[C@](O)(C(=O)O)C[C@@H](O)[C@H]1O.O=C(O)C=Cc1ccc(O)c(O)c1.O=Cc1cc(/C=C/C(=O)O)ccc1O. The summed E-state index contributed by atoms with van der Waals surface area (Å²) in [5.74, 6) is -5.99. The van der Waals surface area contributed by atoms with Crippen LogP contribution in [0.2, 0.25) is 0 Å².